The molecule has 0 amide bonds. The van der Waals surface area contributed by atoms with Crippen molar-refractivity contribution in [3.63, 3.8) is 0 Å². The molecule has 0 aliphatic carbocycles. The zero-order chi connectivity index (χ0) is 13.5. The van der Waals surface area contributed by atoms with Gasteiger partial charge in [0.2, 0.25) is 0 Å². The van der Waals surface area contributed by atoms with Crippen LogP contribution in [0.15, 0.2) is 24.3 Å². The van der Waals surface area contributed by atoms with E-state index < -0.39 is 0 Å². The van der Waals surface area contributed by atoms with E-state index in [-0.39, 0.29) is 12.2 Å². The Morgan fingerprint density at radius 1 is 1.33 bits per heavy atom. The number of carbonyl (C=O) groups excluding carboxylic acids is 2. The van der Waals surface area contributed by atoms with Gasteiger partial charge in [-0.25, -0.2) is 0 Å². The quantitative estimate of drug-likeness (QED) is 0.442. The number of esters is 1. The smallest absolute Gasteiger partial charge is 0.304 e. The van der Waals surface area contributed by atoms with Crippen molar-refractivity contribution in [3.8, 4) is 0 Å². The summed E-state index contributed by atoms with van der Waals surface area (Å²) in [6, 6.07) is 7.23. The first-order chi connectivity index (χ1) is 8.62. The minimum atomic E-state index is -0.287. The largest absolute Gasteiger partial charge is 0.442 e. The zero-order valence-electron chi connectivity index (χ0n) is 11.1. The number of ether oxygens (including phenoxy) is 1. The molecule has 0 aliphatic rings. The van der Waals surface area contributed by atoms with Crippen LogP contribution in [0.2, 0.25) is 0 Å². The maximum atomic E-state index is 11.1. The van der Waals surface area contributed by atoms with E-state index in [2.05, 4.69) is 0 Å². The molecule has 1 aromatic carbocycles. The van der Waals surface area contributed by atoms with Crippen molar-refractivity contribution in [3.05, 3.63) is 29.8 Å². The molecule has 0 N–H and O–H groups in total. The Morgan fingerprint density at radius 2 is 1.94 bits per heavy atom. The molecule has 4 heteroatoms. The molecular weight excluding hydrogens is 230 g/mol. The van der Waals surface area contributed by atoms with E-state index in [1.54, 1.807) is 12.1 Å². The minimum Gasteiger partial charge on any atom is -0.442 e. The van der Waals surface area contributed by atoms with Gasteiger partial charge in [-0.1, -0.05) is 6.92 Å². The van der Waals surface area contributed by atoms with Crippen LogP contribution in [0.25, 0.3) is 0 Å². The predicted molar refractivity (Wildman–Crippen MR) is 70.7 cm³/mol. The fourth-order valence-electron chi connectivity index (χ4n) is 1.86. The Balaban J connectivity index is 2.91. The lowest BCUT2D eigenvalue weighted by molar-refractivity contribution is -0.146. The van der Waals surface area contributed by atoms with Crippen molar-refractivity contribution in [2.24, 2.45) is 0 Å². The molecule has 0 aliphatic heterocycles. The van der Waals surface area contributed by atoms with Crippen LogP contribution in [0, 0.1) is 0 Å². The second-order valence-electron chi connectivity index (χ2n) is 3.97. The maximum absolute atomic E-state index is 11.1. The highest BCUT2D eigenvalue weighted by Crippen LogP contribution is 2.19. The molecule has 1 aromatic rings. The molecule has 0 heterocycles. The van der Waals surface area contributed by atoms with Gasteiger partial charge in [-0.15, -0.1) is 0 Å². The lowest BCUT2D eigenvalue weighted by Crippen LogP contribution is -2.38. The van der Waals surface area contributed by atoms with Gasteiger partial charge >= 0.3 is 5.97 Å². The van der Waals surface area contributed by atoms with Crippen LogP contribution in [0.3, 0.4) is 0 Å². The molecule has 0 saturated heterocycles. The summed E-state index contributed by atoms with van der Waals surface area (Å²) in [5.74, 6) is -0.287. The third-order valence-corrected chi connectivity index (χ3v) is 2.70. The number of nitrogens with zero attached hydrogens (tertiary/aromatic N) is 1. The van der Waals surface area contributed by atoms with Gasteiger partial charge in [0.15, 0.2) is 6.23 Å². The molecule has 0 fully saturated rings. The number of benzene rings is 1. The summed E-state index contributed by atoms with van der Waals surface area (Å²) < 4.78 is 5.28. The number of rotatable bonds is 6. The van der Waals surface area contributed by atoms with Crippen molar-refractivity contribution in [2.75, 3.05) is 11.4 Å². The predicted octanol–water partition coefficient (Wildman–Crippen LogP) is 2.62. The molecule has 1 rings (SSSR count). The average molecular weight is 249 g/mol. The Bertz CT molecular complexity index is 400. The van der Waals surface area contributed by atoms with Crippen LogP contribution < -0.4 is 4.90 Å². The van der Waals surface area contributed by atoms with Gasteiger partial charge in [0.1, 0.15) is 6.29 Å². The van der Waals surface area contributed by atoms with E-state index >= 15 is 0 Å². The molecule has 18 heavy (non-hydrogen) atoms. The van der Waals surface area contributed by atoms with Crippen LogP contribution in [0.1, 0.15) is 37.6 Å². The fourth-order valence-corrected chi connectivity index (χ4v) is 1.86. The number of hydrogen-bond acceptors (Lipinski definition) is 4. The Kier molecular flexibility index (Phi) is 5.36. The molecule has 0 bridgehead atoms. The Hall–Kier alpha value is -1.84. The van der Waals surface area contributed by atoms with Crippen molar-refractivity contribution < 1.29 is 14.3 Å². The number of anilines is 1. The normalized spacial score (nSPS) is 11.7. The highest BCUT2D eigenvalue weighted by Gasteiger charge is 2.18. The Labute approximate surface area is 108 Å². The summed E-state index contributed by atoms with van der Waals surface area (Å²) in [6.07, 6.45) is 1.25. The van der Waals surface area contributed by atoms with Crippen LogP contribution in [0.4, 0.5) is 5.69 Å². The monoisotopic (exact) mass is 249 g/mol. The third kappa shape index (κ3) is 3.58. The van der Waals surface area contributed by atoms with Gasteiger partial charge in [-0.05, 0) is 31.2 Å². The first-order valence-corrected chi connectivity index (χ1v) is 6.11. The van der Waals surface area contributed by atoms with Gasteiger partial charge in [0.25, 0.3) is 0 Å². The molecule has 98 valence electrons. The third-order valence-electron chi connectivity index (χ3n) is 2.70. The van der Waals surface area contributed by atoms with Crippen molar-refractivity contribution in [1.82, 2.24) is 0 Å². The summed E-state index contributed by atoms with van der Waals surface area (Å²) in [6.45, 7) is 6.11. The second kappa shape index (κ2) is 6.79. The van der Waals surface area contributed by atoms with E-state index in [1.807, 2.05) is 30.9 Å². The summed E-state index contributed by atoms with van der Waals surface area (Å²) in [7, 11) is 0. The average Bonchev–Trinajstić information content (AvgIpc) is 2.38. The van der Waals surface area contributed by atoms with Gasteiger partial charge in [0.05, 0.1) is 0 Å². The SMILES string of the molecule is CCC(OC(C)=O)N(CC)c1ccc(C=O)cc1. The molecule has 1 atom stereocenters. The number of hydrogen-bond donors (Lipinski definition) is 0. The second-order valence-corrected chi connectivity index (χ2v) is 3.97. The van der Waals surface area contributed by atoms with Gasteiger partial charge < -0.3 is 9.64 Å². The topological polar surface area (TPSA) is 46.6 Å². The van der Waals surface area contributed by atoms with E-state index in [1.165, 1.54) is 6.92 Å². The lowest BCUT2D eigenvalue weighted by atomic mass is 10.2. The minimum absolute atomic E-state index is 0.269. The van der Waals surface area contributed by atoms with Crippen molar-refractivity contribution in [2.45, 2.75) is 33.4 Å². The first-order valence-electron chi connectivity index (χ1n) is 6.11. The van der Waals surface area contributed by atoms with Crippen LogP contribution in [-0.4, -0.2) is 25.0 Å². The molecule has 1 unspecified atom stereocenters. The highest BCUT2D eigenvalue weighted by atomic mass is 16.6. The molecule has 0 spiro atoms. The molecular formula is C14H19NO3. The highest BCUT2D eigenvalue weighted by molar-refractivity contribution is 5.75. The zero-order valence-corrected chi connectivity index (χ0v) is 11.1. The van der Waals surface area contributed by atoms with Crippen LogP contribution in [-0.2, 0) is 9.53 Å². The number of aldehydes is 1. The molecule has 0 radical (unpaired) electrons. The van der Waals surface area contributed by atoms with E-state index in [4.69, 9.17) is 4.74 Å². The van der Waals surface area contributed by atoms with Gasteiger partial charge in [-0.2, -0.15) is 0 Å². The van der Waals surface area contributed by atoms with Crippen molar-refractivity contribution >= 4 is 17.9 Å². The van der Waals surface area contributed by atoms with E-state index in [9.17, 15) is 9.59 Å². The summed E-state index contributed by atoms with van der Waals surface area (Å²) in [5, 5.41) is 0. The fraction of sp³-hybridized carbons (Fsp3) is 0.429. The van der Waals surface area contributed by atoms with Crippen molar-refractivity contribution in [1.29, 1.82) is 0 Å². The lowest BCUT2D eigenvalue weighted by Gasteiger charge is -2.31. The first kappa shape index (κ1) is 14.2. The van der Waals surface area contributed by atoms with Gasteiger partial charge in [0, 0.05) is 31.1 Å². The van der Waals surface area contributed by atoms with E-state index in [0.717, 1.165) is 18.5 Å². The molecule has 4 nitrogen and oxygen atoms in total. The maximum Gasteiger partial charge on any atom is 0.304 e. The van der Waals surface area contributed by atoms with Crippen LogP contribution >= 0.6 is 0 Å². The summed E-state index contributed by atoms with van der Waals surface area (Å²) >= 11 is 0. The summed E-state index contributed by atoms with van der Waals surface area (Å²) in [4.78, 5) is 23.7. The summed E-state index contributed by atoms with van der Waals surface area (Å²) in [5.41, 5.74) is 1.58. The molecule has 0 saturated carbocycles. The van der Waals surface area contributed by atoms with Gasteiger partial charge in [-0.3, -0.25) is 9.59 Å². The van der Waals surface area contributed by atoms with Crippen LogP contribution in [0.5, 0.6) is 0 Å². The standard InChI is InChI=1S/C14H19NO3/c1-4-14(18-11(3)17)15(5-2)13-8-6-12(10-16)7-9-13/h6-10,14H,4-5H2,1-3H3. The Morgan fingerprint density at radius 3 is 2.33 bits per heavy atom. The van der Waals surface area contributed by atoms with E-state index in [0.29, 0.717) is 12.0 Å². The molecule has 0 aromatic heterocycles. The number of carbonyl (C=O) groups is 2.